The summed E-state index contributed by atoms with van der Waals surface area (Å²) in [5.74, 6) is -0.323. The van der Waals surface area contributed by atoms with Crippen molar-refractivity contribution in [3.63, 3.8) is 0 Å². The summed E-state index contributed by atoms with van der Waals surface area (Å²) in [6.07, 6.45) is 1.66. The number of benzene rings is 2. The molecule has 0 bridgehead atoms. The van der Waals surface area contributed by atoms with Crippen molar-refractivity contribution in [1.82, 2.24) is 20.6 Å². The number of aromatic nitrogens is 3. The molecule has 0 aliphatic carbocycles. The number of carbonyl (C=O) groups excluding carboxylic acids is 1. The van der Waals surface area contributed by atoms with E-state index in [2.05, 4.69) is 25.7 Å². The average molecular weight is 357 g/mol. The summed E-state index contributed by atoms with van der Waals surface area (Å²) >= 11 is 0. The zero-order valence-electron chi connectivity index (χ0n) is 15.1. The molecule has 2 aromatic heterocycles. The van der Waals surface area contributed by atoms with E-state index in [1.165, 1.54) is 0 Å². The number of hydrazone groups is 1. The summed E-state index contributed by atoms with van der Waals surface area (Å²) in [6.45, 7) is 3.85. The van der Waals surface area contributed by atoms with Gasteiger partial charge in [-0.2, -0.15) is 10.2 Å². The second-order valence-corrected chi connectivity index (χ2v) is 6.35. The summed E-state index contributed by atoms with van der Waals surface area (Å²) in [7, 11) is 0. The van der Waals surface area contributed by atoms with Crippen molar-refractivity contribution in [2.75, 3.05) is 0 Å². The molecule has 2 aromatic carbocycles. The number of hydrogen-bond acceptors (Lipinski definition) is 3. The van der Waals surface area contributed by atoms with Crippen molar-refractivity contribution in [2.24, 2.45) is 5.10 Å². The van der Waals surface area contributed by atoms with Crippen LogP contribution in [0.2, 0.25) is 0 Å². The van der Waals surface area contributed by atoms with Crippen molar-refractivity contribution in [3.8, 4) is 11.3 Å². The molecule has 2 heterocycles. The molecule has 0 fully saturated rings. The maximum Gasteiger partial charge on any atom is 0.289 e. The van der Waals surface area contributed by atoms with Crippen LogP contribution in [0.1, 0.15) is 27.3 Å². The van der Waals surface area contributed by atoms with Crippen molar-refractivity contribution in [3.05, 3.63) is 77.1 Å². The van der Waals surface area contributed by atoms with E-state index in [-0.39, 0.29) is 5.91 Å². The van der Waals surface area contributed by atoms with Crippen molar-refractivity contribution < 1.29 is 4.79 Å². The lowest BCUT2D eigenvalue weighted by Gasteiger charge is -2.00. The quantitative estimate of drug-likeness (QED) is 0.382. The van der Waals surface area contributed by atoms with Crippen LogP contribution in [0.25, 0.3) is 22.2 Å². The summed E-state index contributed by atoms with van der Waals surface area (Å²) in [5, 5.41) is 12.3. The highest BCUT2D eigenvalue weighted by Gasteiger charge is 2.16. The summed E-state index contributed by atoms with van der Waals surface area (Å²) < 4.78 is 0. The van der Waals surface area contributed by atoms with Gasteiger partial charge in [0.15, 0.2) is 0 Å². The third-order valence-corrected chi connectivity index (χ3v) is 4.59. The Kier molecular flexibility index (Phi) is 4.30. The molecule has 3 N–H and O–H groups in total. The standard InChI is InChI=1S/C21H19N5O/c1-13-19(15-8-4-3-5-9-15)24-25-20(13)21(27)26-22-12-17-14(2)23-18-11-7-6-10-16(17)18/h3-12,23H,1-2H3,(H,24,25)(H,26,27)/b22-12+. The summed E-state index contributed by atoms with van der Waals surface area (Å²) in [4.78, 5) is 15.8. The molecule has 0 saturated heterocycles. The van der Waals surface area contributed by atoms with E-state index in [4.69, 9.17) is 0 Å². The Bertz CT molecular complexity index is 1140. The highest BCUT2D eigenvalue weighted by atomic mass is 16.2. The molecule has 1 amide bonds. The zero-order valence-corrected chi connectivity index (χ0v) is 15.1. The minimum Gasteiger partial charge on any atom is -0.358 e. The van der Waals surface area contributed by atoms with Crippen molar-refractivity contribution >= 4 is 23.0 Å². The molecule has 0 aliphatic heterocycles. The van der Waals surface area contributed by atoms with Crippen LogP contribution in [0.3, 0.4) is 0 Å². The Morgan fingerprint density at radius 1 is 1.07 bits per heavy atom. The van der Waals surface area contributed by atoms with E-state index in [9.17, 15) is 4.79 Å². The van der Waals surface area contributed by atoms with E-state index in [0.717, 1.165) is 39.0 Å². The SMILES string of the molecule is Cc1[nH]c2ccccc2c1/C=N/NC(=O)c1[nH]nc(-c2ccccc2)c1C. The molecule has 0 unspecified atom stereocenters. The van der Waals surface area contributed by atoms with Gasteiger partial charge in [0.2, 0.25) is 0 Å². The predicted octanol–water partition coefficient (Wildman–Crippen LogP) is 3.94. The largest absolute Gasteiger partial charge is 0.358 e. The fourth-order valence-electron chi connectivity index (χ4n) is 3.17. The van der Waals surface area contributed by atoms with E-state index >= 15 is 0 Å². The number of para-hydroxylation sites is 1. The van der Waals surface area contributed by atoms with Crippen LogP contribution >= 0.6 is 0 Å². The number of aryl methyl sites for hydroxylation is 1. The third-order valence-electron chi connectivity index (χ3n) is 4.59. The molecule has 27 heavy (non-hydrogen) atoms. The minimum atomic E-state index is -0.323. The first-order valence-corrected chi connectivity index (χ1v) is 8.66. The predicted molar refractivity (Wildman–Crippen MR) is 107 cm³/mol. The number of fused-ring (bicyclic) bond motifs is 1. The van der Waals surface area contributed by atoms with Gasteiger partial charge in [0.25, 0.3) is 5.91 Å². The Morgan fingerprint density at radius 2 is 1.81 bits per heavy atom. The Labute approximate surface area is 156 Å². The topological polar surface area (TPSA) is 85.9 Å². The van der Waals surface area contributed by atoms with Gasteiger partial charge in [-0.15, -0.1) is 0 Å². The number of nitrogens with one attached hydrogen (secondary N) is 3. The molecule has 6 nitrogen and oxygen atoms in total. The van der Waals surface area contributed by atoms with Gasteiger partial charge in [0.05, 0.1) is 11.9 Å². The van der Waals surface area contributed by atoms with Crippen LogP contribution < -0.4 is 5.43 Å². The Balaban J connectivity index is 1.54. The van der Waals surface area contributed by atoms with Crippen LogP contribution in [0.4, 0.5) is 0 Å². The van der Waals surface area contributed by atoms with Crippen LogP contribution in [0, 0.1) is 13.8 Å². The molecular weight excluding hydrogens is 338 g/mol. The fraction of sp³-hybridized carbons (Fsp3) is 0.0952. The first kappa shape index (κ1) is 16.8. The van der Waals surface area contributed by atoms with Gasteiger partial charge in [-0.05, 0) is 19.9 Å². The Morgan fingerprint density at radius 3 is 2.63 bits per heavy atom. The second kappa shape index (κ2) is 6.92. The third kappa shape index (κ3) is 3.13. The maximum absolute atomic E-state index is 12.5. The second-order valence-electron chi connectivity index (χ2n) is 6.35. The molecular formula is C21H19N5O. The molecule has 6 heteroatoms. The van der Waals surface area contributed by atoms with E-state index in [1.54, 1.807) is 6.21 Å². The number of hydrogen-bond donors (Lipinski definition) is 3. The number of H-pyrrole nitrogens is 2. The molecule has 0 saturated carbocycles. The lowest BCUT2D eigenvalue weighted by Crippen LogP contribution is -2.19. The van der Waals surface area contributed by atoms with Gasteiger partial charge in [0, 0.05) is 33.3 Å². The van der Waals surface area contributed by atoms with Gasteiger partial charge in [-0.25, -0.2) is 5.43 Å². The first-order chi connectivity index (χ1) is 13.1. The van der Waals surface area contributed by atoms with E-state index < -0.39 is 0 Å². The maximum atomic E-state index is 12.5. The highest BCUT2D eigenvalue weighted by Crippen LogP contribution is 2.23. The molecule has 0 aliphatic rings. The number of nitrogens with zero attached hydrogens (tertiary/aromatic N) is 2. The number of rotatable bonds is 4. The van der Waals surface area contributed by atoms with Crippen LogP contribution in [-0.2, 0) is 0 Å². The lowest BCUT2D eigenvalue weighted by atomic mass is 10.1. The van der Waals surface area contributed by atoms with Crippen LogP contribution in [0.5, 0.6) is 0 Å². The van der Waals surface area contributed by atoms with Crippen LogP contribution in [0.15, 0.2) is 59.7 Å². The first-order valence-electron chi connectivity index (χ1n) is 8.66. The summed E-state index contributed by atoms with van der Waals surface area (Å²) in [6, 6.07) is 17.7. The van der Waals surface area contributed by atoms with Gasteiger partial charge in [0.1, 0.15) is 5.69 Å². The highest BCUT2D eigenvalue weighted by molar-refractivity contribution is 6.01. The van der Waals surface area contributed by atoms with Gasteiger partial charge in [-0.1, -0.05) is 48.5 Å². The smallest absolute Gasteiger partial charge is 0.289 e. The van der Waals surface area contributed by atoms with Gasteiger partial charge < -0.3 is 4.98 Å². The minimum absolute atomic E-state index is 0.323. The Hall–Kier alpha value is -3.67. The normalized spacial score (nSPS) is 11.3. The molecule has 4 aromatic rings. The van der Waals surface area contributed by atoms with Crippen molar-refractivity contribution in [1.29, 1.82) is 0 Å². The number of carbonyl (C=O) groups is 1. The molecule has 134 valence electrons. The average Bonchev–Trinajstić information content (AvgIpc) is 3.22. The molecule has 0 radical (unpaired) electrons. The fourth-order valence-corrected chi connectivity index (χ4v) is 3.17. The van der Waals surface area contributed by atoms with E-state index in [1.807, 2.05) is 68.4 Å². The number of amides is 1. The molecule has 4 rings (SSSR count). The monoisotopic (exact) mass is 357 g/mol. The number of aromatic amines is 2. The van der Waals surface area contributed by atoms with Crippen LogP contribution in [-0.4, -0.2) is 27.3 Å². The van der Waals surface area contributed by atoms with Gasteiger partial charge >= 0.3 is 0 Å². The molecule has 0 spiro atoms. The summed E-state index contributed by atoms with van der Waals surface area (Å²) in [5.41, 5.74) is 8.49. The van der Waals surface area contributed by atoms with E-state index in [0.29, 0.717) is 5.69 Å². The zero-order chi connectivity index (χ0) is 18.8. The van der Waals surface area contributed by atoms with Crippen molar-refractivity contribution in [2.45, 2.75) is 13.8 Å². The van der Waals surface area contributed by atoms with Gasteiger partial charge in [-0.3, -0.25) is 9.89 Å². The lowest BCUT2D eigenvalue weighted by molar-refractivity contribution is 0.0949. The molecule has 0 atom stereocenters.